The van der Waals surface area contributed by atoms with E-state index in [2.05, 4.69) is 15.0 Å². The van der Waals surface area contributed by atoms with Crippen molar-refractivity contribution in [3.63, 3.8) is 0 Å². The van der Waals surface area contributed by atoms with E-state index in [4.69, 9.17) is 0 Å². The first kappa shape index (κ1) is 11.3. The molecular weight excluding hydrogens is 226 g/mol. The van der Waals surface area contributed by atoms with Gasteiger partial charge < -0.3 is 5.32 Å². The number of hydrogen-bond donors (Lipinski definition) is 2. The van der Waals surface area contributed by atoms with Gasteiger partial charge in [0.2, 0.25) is 10.0 Å². The standard InChI is InChI=1S/C10H15N3O2S/c1-10(5-6-10)13-16(14,15)8-4-3-7-12-9(8)11-2/h3-4,7,13H,5-6H2,1-2H3,(H,11,12). The molecule has 1 saturated carbocycles. The summed E-state index contributed by atoms with van der Waals surface area (Å²) in [6, 6.07) is 3.16. The zero-order valence-electron chi connectivity index (χ0n) is 9.32. The van der Waals surface area contributed by atoms with Gasteiger partial charge in [0.25, 0.3) is 0 Å². The first-order valence-electron chi connectivity index (χ1n) is 5.14. The van der Waals surface area contributed by atoms with E-state index in [1.165, 1.54) is 0 Å². The Kier molecular flexibility index (Phi) is 2.63. The zero-order valence-corrected chi connectivity index (χ0v) is 10.1. The molecule has 6 heteroatoms. The highest BCUT2D eigenvalue weighted by Gasteiger charge is 2.41. The summed E-state index contributed by atoms with van der Waals surface area (Å²) < 4.78 is 26.8. The van der Waals surface area contributed by atoms with Gasteiger partial charge in [-0.1, -0.05) is 0 Å². The maximum atomic E-state index is 12.1. The van der Waals surface area contributed by atoms with E-state index in [-0.39, 0.29) is 10.4 Å². The van der Waals surface area contributed by atoms with Crippen LogP contribution in [0.25, 0.3) is 0 Å². The Morgan fingerprint density at radius 3 is 2.69 bits per heavy atom. The van der Waals surface area contributed by atoms with Gasteiger partial charge in [0.1, 0.15) is 10.7 Å². The quantitative estimate of drug-likeness (QED) is 0.823. The van der Waals surface area contributed by atoms with Crippen molar-refractivity contribution in [1.29, 1.82) is 0 Å². The van der Waals surface area contributed by atoms with Gasteiger partial charge in [0.05, 0.1) is 0 Å². The highest BCUT2D eigenvalue weighted by molar-refractivity contribution is 7.89. The molecule has 1 fully saturated rings. The monoisotopic (exact) mass is 241 g/mol. The predicted octanol–water partition coefficient (Wildman–Crippen LogP) is 0.954. The molecule has 2 N–H and O–H groups in total. The summed E-state index contributed by atoms with van der Waals surface area (Å²) in [6.45, 7) is 1.90. The van der Waals surface area contributed by atoms with Gasteiger partial charge in [-0.15, -0.1) is 0 Å². The Labute approximate surface area is 95.3 Å². The lowest BCUT2D eigenvalue weighted by atomic mass is 10.4. The number of sulfonamides is 1. The van der Waals surface area contributed by atoms with Crippen molar-refractivity contribution in [2.75, 3.05) is 12.4 Å². The van der Waals surface area contributed by atoms with Crippen molar-refractivity contribution in [2.24, 2.45) is 0 Å². The van der Waals surface area contributed by atoms with Crippen LogP contribution < -0.4 is 10.0 Å². The van der Waals surface area contributed by atoms with Crippen LogP contribution in [0.5, 0.6) is 0 Å². The van der Waals surface area contributed by atoms with Crippen LogP contribution in [0.3, 0.4) is 0 Å². The third-order valence-corrected chi connectivity index (χ3v) is 4.35. The minimum atomic E-state index is -3.47. The number of nitrogens with one attached hydrogen (secondary N) is 2. The molecule has 0 spiro atoms. The average Bonchev–Trinajstić information content (AvgIpc) is 2.95. The summed E-state index contributed by atoms with van der Waals surface area (Å²) in [5, 5.41) is 2.78. The molecule has 16 heavy (non-hydrogen) atoms. The van der Waals surface area contributed by atoms with E-state index in [9.17, 15) is 8.42 Å². The lowest BCUT2D eigenvalue weighted by Gasteiger charge is -2.14. The summed E-state index contributed by atoms with van der Waals surface area (Å²) in [5.74, 6) is 0.374. The first-order chi connectivity index (χ1) is 7.47. The second kappa shape index (κ2) is 3.71. The number of anilines is 1. The minimum absolute atomic E-state index is 0.200. The molecule has 0 radical (unpaired) electrons. The van der Waals surface area contributed by atoms with Crippen molar-refractivity contribution in [3.05, 3.63) is 18.3 Å². The van der Waals surface area contributed by atoms with Crippen LogP contribution in [-0.4, -0.2) is 26.0 Å². The molecule has 0 saturated heterocycles. The van der Waals surface area contributed by atoms with E-state index in [1.54, 1.807) is 25.4 Å². The molecule has 0 unspecified atom stereocenters. The number of aromatic nitrogens is 1. The maximum absolute atomic E-state index is 12.1. The van der Waals surface area contributed by atoms with Gasteiger partial charge in [-0.05, 0) is 31.9 Å². The predicted molar refractivity (Wildman–Crippen MR) is 61.7 cm³/mol. The second-order valence-corrected chi connectivity index (χ2v) is 5.92. The fraction of sp³-hybridized carbons (Fsp3) is 0.500. The van der Waals surface area contributed by atoms with Gasteiger partial charge in [0, 0.05) is 18.8 Å². The normalized spacial score (nSPS) is 18.1. The van der Waals surface area contributed by atoms with Crippen molar-refractivity contribution >= 4 is 15.8 Å². The molecule has 0 aliphatic heterocycles. The molecule has 1 aliphatic carbocycles. The fourth-order valence-corrected chi connectivity index (χ4v) is 3.09. The SMILES string of the molecule is CNc1ncccc1S(=O)(=O)NC1(C)CC1. The molecule has 1 heterocycles. The van der Waals surface area contributed by atoms with E-state index in [0.29, 0.717) is 5.82 Å². The van der Waals surface area contributed by atoms with Crippen LogP contribution in [0.4, 0.5) is 5.82 Å². The van der Waals surface area contributed by atoms with E-state index in [0.717, 1.165) is 12.8 Å². The molecule has 0 amide bonds. The van der Waals surface area contributed by atoms with Gasteiger partial charge >= 0.3 is 0 Å². The summed E-state index contributed by atoms with van der Waals surface area (Å²) in [5.41, 5.74) is -0.264. The average molecular weight is 241 g/mol. The zero-order chi connectivity index (χ0) is 11.8. The van der Waals surface area contributed by atoms with Crippen LogP contribution in [0, 0.1) is 0 Å². The number of hydrogen-bond acceptors (Lipinski definition) is 4. The van der Waals surface area contributed by atoms with Crippen molar-refractivity contribution < 1.29 is 8.42 Å². The smallest absolute Gasteiger partial charge is 0.244 e. The molecule has 5 nitrogen and oxygen atoms in total. The summed E-state index contributed by atoms with van der Waals surface area (Å²) in [7, 11) is -1.82. The van der Waals surface area contributed by atoms with Crippen LogP contribution in [0.2, 0.25) is 0 Å². The molecular formula is C10H15N3O2S. The van der Waals surface area contributed by atoms with Crippen LogP contribution >= 0.6 is 0 Å². The van der Waals surface area contributed by atoms with Crippen LogP contribution in [0.1, 0.15) is 19.8 Å². The third kappa shape index (κ3) is 2.17. The summed E-state index contributed by atoms with van der Waals surface area (Å²) >= 11 is 0. The molecule has 1 aliphatic rings. The number of pyridine rings is 1. The van der Waals surface area contributed by atoms with E-state index in [1.807, 2.05) is 6.92 Å². The summed E-state index contributed by atoms with van der Waals surface area (Å²) in [6.07, 6.45) is 3.34. The van der Waals surface area contributed by atoms with E-state index < -0.39 is 10.0 Å². The van der Waals surface area contributed by atoms with Crippen molar-refractivity contribution in [1.82, 2.24) is 9.71 Å². The molecule has 1 aromatic heterocycles. The molecule has 88 valence electrons. The Morgan fingerprint density at radius 2 is 2.12 bits per heavy atom. The number of rotatable bonds is 4. The Balaban J connectivity index is 2.35. The largest absolute Gasteiger partial charge is 0.372 e. The minimum Gasteiger partial charge on any atom is -0.372 e. The van der Waals surface area contributed by atoms with Crippen LogP contribution in [0.15, 0.2) is 23.2 Å². The molecule has 0 aromatic carbocycles. The Morgan fingerprint density at radius 1 is 1.44 bits per heavy atom. The van der Waals surface area contributed by atoms with Gasteiger partial charge in [-0.3, -0.25) is 0 Å². The van der Waals surface area contributed by atoms with Gasteiger partial charge in [-0.2, -0.15) is 0 Å². The van der Waals surface area contributed by atoms with Gasteiger partial charge in [0.15, 0.2) is 0 Å². The highest BCUT2D eigenvalue weighted by atomic mass is 32.2. The van der Waals surface area contributed by atoms with Gasteiger partial charge in [-0.25, -0.2) is 18.1 Å². The Hall–Kier alpha value is -1.14. The lowest BCUT2D eigenvalue weighted by molar-refractivity contribution is 0.558. The molecule has 0 atom stereocenters. The third-order valence-electron chi connectivity index (χ3n) is 2.68. The number of nitrogens with zero attached hydrogens (tertiary/aromatic N) is 1. The summed E-state index contributed by atoms with van der Waals surface area (Å²) in [4.78, 5) is 4.18. The van der Waals surface area contributed by atoms with Crippen LogP contribution in [-0.2, 0) is 10.0 Å². The lowest BCUT2D eigenvalue weighted by Crippen LogP contribution is -2.34. The topological polar surface area (TPSA) is 71.1 Å². The second-order valence-electron chi connectivity index (χ2n) is 4.27. The molecule has 0 bridgehead atoms. The fourth-order valence-electron chi connectivity index (χ4n) is 1.46. The van der Waals surface area contributed by atoms with Crippen molar-refractivity contribution in [3.8, 4) is 0 Å². The maximum Gasteiger partial charge on any atom is 0.244 e. The molecule has 1 aromatic rings. The Bertz CT molecular complexity index is 495. The van der Waals surface area contributed by atoms with E-state index >= 15 is 0 Å². The van der Waals surface area contributed by atoms with Crippen molar-refractivity contribution in [2.45, 2.75) is 30.2 Å². The highest BCUT2D eigenvalue weighted by Crippen LogP contribution is 2.36. The molecule has 2 rings (SSSR count). The first-order valence-corrected chi connectivity index (χ1v) is 6.62.